The molecule has 0 radical (unpaired) electrons. The third kappa shape index (κ3) is 4.32. The van der Waals surface area contributed by atoms with Crippen LogP contribution >= 0.6 is 0 Å². The number of likely N-dealkylation sites (tertiary alicyclic amines) is 2. The lowest BCUT2D eigenvalue weighted by atomic mass is 9.99. The standard InChI is InChI=1S/C22H30N2O4/c25-21-9-3-4-12-24(21)17-10-13-23(14-11-17)22(26)19-7-1-2-8-20(19)28-16-18-6-5-15-27-18/h1-2,7-8,17-18H,3-6,9-16H2. The van der Waals surface area contributed by atoms with Crippen molar-refractivity contribution in [2.45, 2.75) is 57.1 Å². The summed E-state index contributed by atoms with van der Waals surface area (Å²) in [5, 5.41) is 0. The average Bonchev–Trinajstić information content (AvgIpc) is 3.26. The first-order valence-electron chi connectivity index (χ1n) is 10.6. The Bertz CT molecular complexity index is 694. The number of ether oxygens (including phenoxy) is 2. The Morgan fingerprint density at radius 2 is 1.89 bits per heavy atom. The molecule has 1 unspecified atom stereocenters. The van der Waals surface area contributed by atoms with Crippen LogP contribution < -0.4 is 4.74 Å². The summed E-state index contributed by atoms with van der Waals surface area (Å²) in [6.45, 7) is 3.53. The van der Waals surface area contributed by atoms with E-state index in [9.17, 15) is 9.59 Å². The SMILES string of the molecule is O=C(c1ccccc1OCC1CCCO1)N1CCC(N2CCCCC2=O)CC1. The number of para-hydroxylation sites is 1. The minimum Gasteiger partial charge on any atom is -0.490 e. The molecule has 3 saturated heterocycles. The van der Waals surface area contributed by atoms with Gasteiger partial charge < -0.3 is 19.3 Å². The topological polar surface area (TPSA) is 59.1 Å². The van der Waals surface area contributed by atoms with Gasteiger partial charge in [0.1, 0.15) is 12.4 Å². The van der Waals surface area contributed by atoms with Crippen LogP contribution in [0.1, 0.15) is 55.3 Å². The summed E-state index contributed by atoms with van der Waals surface area (Å²) in [4.78, 5) is 29.2. The molecule has 6 heteroatoms. The van der Waals surface area contributed by atoms with Crippen molar-refractivity contribution >= 4 is 11.8 Å². The molecule has 1 atom stereocenters. The molecule has 6 nitrogen and oxygen atoms in total. The lowest BCUT2D eigenvalue weighted by Crippen LogP contribution is -2.50. The molecule has 3 fully saturated rings. The molecule has 3 heterocycles. The molecule has 0 bridgehead atoms. The van der Waals surface area contributed by atoms with Gasteiger partial charge >= 0.3 is 0 Å². The third-order valence-corrected chi connectivity index (χ3v) is 6.12. The van der Waals surface area contributed by atoms with Gasteiger partial charge in [0.05, 0.1) is 11.7 Å². The molecule has 1 aromatic carbocycles. The number of carbonyl (C=O) groups is 2. The molecule has 152 valence electrons. The largest absolute Gasteiger partial charge is 0.490 e. The molecule has 3 aliphatic heterocycles. The van der Waals surface area contributed by atoms with E-state index >= 15 is 0 Å². The second kappa shape index (κ2) is 8.95. The molecule has 0 N–H and O–H groups in total. The molecule has 0 aromatic heterocycles. The zero-order valence-electron chi connectivity index (χ0n) is 16.5. The number of hydrogen-bond acceptors (Lipinski definition) is 4. The first kappa shape index (κ1) is 19.2. The van der Waals surface area contributed by atoms with Crippen LogP contribution in [0.4, 0.5) is 0 Å². The zero-order valence-corrected chi connectivity index (χ0v) is 16.5. The Morgan fingerprint density at radius 1 is 1.07 bits per heavy atom. The minimum atomic E-state index is 0.0198. The normalized spacial score (nSPS) is 23.9. The number of piperidine rings is 2. The van der Waals surface area contributed by atoms with Crippen molar-refractivity contribution in [3.05, 3.63) is 29.8 Å². The van der Waals surface area contributed by atoms with E-state index in [2.05, 4.69) is 0 Å². The van der Waals surface area contributed by atoms with E-state index in [-0.39, 0.29) is 24.0 Å². The number of carbonyl (C=O) groups excluding carboxylic acids is 2. The van der Waals surface area contributed by atoms with E-state index in [1.54, 1.807) is 0 Å². The highest BCUT2D eigenvalue weighted by Crippen LogP contribution is 2.26. The summed E-state index contributed by atoms with van der Waals surface area (Å²) in [6.07, 6.45) is 6.71. The molecular weight excluding hydrogens is 356 g/mol. The smallest absolute Gasteiger partial charge is 0.257 e. The van der Waals surface area contributed by atoms with Crippen LogP contribution in [0.15, 0.2) is 24.3 Å². The van der Waals surface area contributed by atoms with Crippen LogP contribution in [0.25, 0.3) is 0 Å². The predicted molar refractivity (Wildman–Crippen MR) is 105 cm³/mol. The Balaban J connectivity index is 1.35. The lowest BCUT2D eigenvalue weighted by molar-refractivity contribution is -0.136. The molecule has 1 aromatic rings. The molecule has 28 heavy (non-hydrogen) atoms. The second-order valence-corrected chi connectivity index (χ2v) is 8.01. The summed E-state index contributed by atoms with van der Waals surface area (Å²) in [7, 11) is 0. The van der Waals surface area contributed by atoms with Gasteiger partial charge in [-0.2, -0.15) is 0 Å². The van der Waals surface area contributed by atoms with Gasteiger partial charge in [0.15, 0.2) is 0 Å². The summed E-state index contributed by atoms with van der Waals surface area (Å²) in [5.74, 6) is 0.937. The van der Waals surface area contributed by atoms with Gasteiger partial charge in [-0.15, -0.1) is 0 Å². The van der Waals surface area contributed by atoms with Crippen molar-refractivity contribution in [1.29, 1.82) is 0 Å². The Hall–Kier alpha value is -2.08. The van der Waals surface area contributed by atoms with Gasteiger partial charge in [-0.3, -0.25) is 9.59 Å². The van der Waals surface area contributed by atoms with Crippen molar-refractivity contribution in [3.63, 3.8) is 0 Å². The monoisotopic (exact) mass is 386 g/mol. The van der Waals surface area contributed by atoms with Crippen LogP contribution in [0.2, 0.25) is 0 Å². The fourth-order valence-corrected chi connectivity index (χ4v) is 4.49. The molecule has 2 amide bonds. The summed E-state index contributed by atoms with van der Waals surface area (Å²) < 4.78 is 11.6. The van der Waals surface area contributed by atoms with Crippen LogP contribution in [0.3, 0.4) is 0 Å². The predicted octanol–water partition coefficient (Wildman–Crippen LogP) is 2.86. The Morgan fingerprint density at radius 3 is 2.64 bits per heavy atom. The van der Waals surface area contributed by atoms with E-state index in [0.717, 1.165) is 51.7 Å². The molecule has 0 spiro atoms. The summed E-state index contributed by atoms with van der Waals surface area (Å²) in [6, 6.07) is 7.76. The molecule has 3 aliphatic rings. The minimum absolute atomic E-state index is 0.0198. The second-order valence-electron chi connectivity index (χ2n) is 8.01. The van der Waals surface area contributed by atoms with Crippen LogP contribution in [0, 0.1) is 0 Å². The third-order valence-electron chi connectivity index (χ3n) is 6.12. The van der Waals surface area contributed by atoms with Crippen LogP contribution in [0.5, 0.6) is 5.75 Å². The highest BCUT2D eigenvalue weighted by molar-refractivity contribution is 5.97. The Labute approximate surface area is 166 Å². The number of hydrogen-bond donors (Lipinski definition) is 0. The average molecular weight is 386 g/mol. The summed E-state index contributed by atoms with van der Waals surface area (Å²) >= 11 is 0. The van der Waals surface area contributed by atoms with Crippen molar-refractivity contribution < 1.29 is 19.1 Å². The summed E-state index contributed by atoms with van der Waals surface area (Å²) in [5.41, 5.74) is 0.619. The lowest BCUT2D eigenvalue weighted by Gasteiger charge is -2.40. The maximum absolute atomic E-state index is 13.1. The fraction of sp³-hybridized carbons (Fsp3) is 0.636. The van der Waals surface area contributed by atoms with Crippen LogP contribution in [-0.4, -0.2) is 66.6 Å². The number of benzene rings is 1. The molecule has 0 saturated carbocycles. The van der Waals surface area contributed by atoms with Gasteiger partial charge in [-0.25, -0.2) is 0 Å². The van der Waals surface area contributed by atoms with E-state index in [4.69, 9.17) is 9.47 Å². The van der Waals surface area contributed by atoms with E-state index in [1.165, 1.54) is 0 Å². The zero-order chi connectivity index (χ0) is 19.3. The van der Waals surface area contributed by atoms with E-state index in [0.29, 0.717) is 37.4 Å². The van der Waals surface area contributed by atoms with Crippen LogP contribution in [-0.2, 0) is 9.53 Å². The quantitative estimate of drug-likeness (QED) is 0.781. The van der Waals surface area contributed by atoms with Crippen molar-refractivity contribution in [3.8, 4) is 5.75 Å². The van der Waals surface area contributed by atoms with Gasteiger partial charge in [0.2, 0.25) is 5.91 Å². The fourth-order valence-electron chi connectivity index (χ4n) is 4.49. The maximum Gasteiger partial charge on any atom is 0.257 e. The molecular formula is C22H30N2O4. The van der Waals surface area contributed by atoms with Gasteiger partial charge in [0.25, 0.3) is 5.91 Å². The Kier molecular flexibility index (Phi) is 6.15. The maximum atomic E-state index is 13.1. The van der Waals surface area contributed by atoms with E-state index in [1.807, 2.05) is 34.1 Å². The molecule has 0 aliphatic carbocycles. The van der Waals surface area contributed by atoms with Crippen molar-refractivity contribution in [2.24, 2.45) is 0 Å². The van der Waals surface area contributed by atoms with Gasteiger partial charge in [-0.1, -0.05) is 12.1 Å². The highest BCUT2D eigenvalue weighted by Gasteiger charge is 2.31. The van der Waals surface area contributed by atoms with Crippen molar-refractivity contribution in [1.82, 2.24) is 9.80 Å². The van der Waals surface area contributed by atoms with Crippen molar-refractivity contribution in [2.75, 3.05) is 32.8 Å². The van der Waals surface area contributed by atoms with Gasteiger partial charge in [-0.05, 0) is 50.7 Å². The first-order valence-corrected chi connectivity index (χ1v) is 10.6. The first-order chi connectivity index (χ1) is 13.7. The van der Waals surface area contributed by atoms with Gasteiger partial charge in [0, 0.05) is 38.7 Å². The number of amides is 2. The highest BCUT2D eigenvalue weighted by atomic mass is 16.5. The van der Waals surface area contributed by atoms with E-state index < -0.39 is 0 Å². The number of rotatable bonds is 5. The molecule has 4 rings (SSSR count). The number of nitrogens with zero attached hydrogens (tertiary/aromatic N) is 2.